The van der Waals surface area contributed by atoms with Crippen LogP contribution in [0.5, 0.6) is 11.5 Å². The number of nitrogens with one attached hydrogen (secondary N) is 1. The molecule has 0 atom stereocenters. The molecule has 0 saturated heterocycles. The average molecular weight is 482 g/mol. The van der Waals surface area contributed by atoms with Crippen molar-refractivity contribution in [3.63, 3.8) is 0 Å². The van der Waals surface area contributed by atoms with Gasteiger partial charge in [-0.15, -0.1) is 0 Å². The van der Waals surface area contributed by atoms with Gasteiger partial charge in [-0.2, -0.15) is 0 Å². The lowest BCUT2D eigenvalue weighted by Gasteiger charge is -2.15. The van der Waals surface area contributed by atoms with E-state index in [9.17, 15) is 14.4 Å². The molecule has 0 unspecified atom stereocenters. The number of fused-ring (bicyclic) bond motifs is 1. The molecule has 0 fully saturated rings. The van der Waals surface area contributed by atoms with Crippen LogP contribution >= 0.6 is 27.5 Å². The van der Waals surface area contributed by atoms with Crippen LogP contribution in [0.4, 0.5) is 5.69 Å². The van der Waals surface area contributed by atoms with E-state index in [0.29, 0.717) is 39.8 Å². The van der Waals surface area contributed by atoms with E-state index in [0.717, 1.165) is 9.37 Å². The molecule has 1 N–H and O–H groups in total. The van der Waals surface area contributed by atoms with E-state index >= 15 is 0 Å². The minimum Gasteiger partial charge on any atom is -0.495 e. The molecule has 3 rings (SSSR count). The Labute approximate surface area is 181 Å². The lowest BCUT2D eigenvalue weighted by molar-refractivity contribution is -0.116. The third kappa shape index (κ3) is 4.38. The number of carbonyl (C=O) groups excluding carboxylic acids is 3. The van der Waals surface area contributed by atoms with Crippen LogP contribution in [0.15, 0.2) is 34.8 Å². The Morgan fingerprint density at radius 1 is 1.07 bits per heavy atom. The van der Waals surface area contributed by atoms with Crippen LogP contribution in [-0.4, -0.2) is 43.4 Å². The number of rotatable bonds is 7. The second-order valence-corrected chi connectivity index (χ2v) is 7.61. The molecule has 0 saturated carbocycles. The summed E-state index contributed by atoms with van der Waals surface area (Å²) in [6, 6.07) is 8.08. The fraction of sp³-hybridized carbons (Fsp3) is 0.250. The normalized spacial score (nSPS) is 12.8. The van der Waals surface area contributed by atoms with Gasteiger partial charge in [0, 0.05) is 29.6 Å². The molecule has 1 aliphatic heterocycles. The Bertz CT molecular complexity index is 995. The molecule has 7 nitrogen and oxygen atoms in total. The van der Waals surface area contributed by atoms with Crippen molar-refractivity contribution in [1.82, 2.24) is 4.90 Å². The van der Waals surface area contributed by atoms with Gasteiger partial charge in [0.05, 0.1) is 36.1 Å². The number of carbonyl (C=O) groups is 3. The molecule has 9 heteroatoms. The SMILES string of the molecule is COc1cc(NC(=O)CCCN2C(=O)c3ccc(Br)cc3C2=O)c(OC)cc1Cl. The van der Waals surface area contributed by atoms with Crippen molar-refractivity contribution in [2.75, 3.05) is 26.1 Å². The van der Waals surface area contributed by atoms with E-state index < -0.39 is 0 Å². The van der Waals surface area contributed by atoms with Crippen LogP contribution in [0, 0.1) is 0 Å². The van der Waals surface area contributed by atoms with E-state index in [1.807, 2.05) is 0 Å². The number of methoxy groups -OCH3 is 2. The van der Waals surface area contributed by atoms with Crippen molar-refractivity contribution in [2.24, 2.45) is 0 Å². The lowest BCUT2D eigenvalue weighted by atomic mass is 10.1. The number of nitrogens with zero attached hydrogens (tertiary/aromatic N) is 1. The van der Waals surface area contributed by atoms with Crippen molar-refractivity contribution in [2.45, 2.75) is 12.8 Å². The quantitative estimate of drug-likeness (QED) is 0.601. The maximum atomic E-state index is 12.5. The zero-order valence-corrected chi connectivity index (χ0v) is 18.1. The molecular formula is C20H18BrClN2O5. The number of hydrogen-bond donors (Lipinski definition) is 1. The summed E-state index contributed by atoms with van der Waals surface area (Å²) >= 11 is 9.36. The van der Waals surface area contributed by atoms with Crippen LogP contribution in [0.1, 0.15) is 33.6 Å². The largest absolute Gasteiger partial charge is 0.495 e. The summed E-state index contributed by atoms with van der Waals surface area (Å²) in [5.41, 5.74) is 1.16. The van der Waals surface area contributed by atoms with Gasteiger partial charge in [-0.05, 0) is 24.6 Å². The van der Waals surface area contributed by atoms with E-state index in [2.05, 4.69) is 21.2 Å². The fourth-order valence-corrected chi connectivity index (χ4v) is 3.63. The average Bonchev–Trinajstić information content (AvgIpc) is 2.93. The second kappa shape index (κ2) is 8.84. The zero-order valence-electron chi connectivity index (χ0n) is 15.8. The Morgan fingerprint density at radius 3 is 2.45 bits per heavy atom. The Hall–Kier alpha value is -2.58. The topological polar surface area (TPSA) is 84.9 Å². The van der Waals surface area contributed by atoms with Gasteiger partial charge in [0.1, 0.15) is 11.5 Å². The number of halogens is 2. The monoisotopic (exact) mass is 480 g/mol. The van der Waals surface area contributed by atoms with Gasteiger partial charge in [0.15, 0.2) is 0 Å². The first-order valence-corrected chi connectivity index (χ1v) is 9.90. The van der Waals surface area contributed by atoms with Crippen molar-refractivity contribution < 1.29 is 23.9 Å². The first kappa shape index (κ1) is 21.1. The molecule has 1 aliphatic rings. The number of hydrogen-bond acceptors (Lipinski definition) is 5. The van der Waals surface area contributed by atoms with Crippen LogP contribution in [0.25, 0.3) is 0 Å². The van der Waals surface area contributed by atoms with Gasteiger partial charge in [0.2, 0.25) is 5.91 Å². The predicted molar refractivity (Wildman–Crippen MR) is 112 cm³/mol. The summed E-state index contributed by atoms with van der Waals surface area (Å²) in [5.74, 6) is -0.181. The molecule has 0 aliphatic carbocycles. The Balaban J connectivity index is 1.60. The van der Waals surface area contributed by atoms with Crippen molar-refractivity contribution in [3.05, 3.63) is 51.0 Å². The molecule has 152 valence electrons. The van der Waals surface area contributed by atoms with Gasteiger partial charge in [-0.25, -0.2) is 0 Å². The maximum Gasteiger partial charge on any atom is 0.261 e. The van der Waals surface area contributed by atoms with E-state index in [-0.39, 0.29) is 30.7 Å². The van der Waals surface area contributed by atoms with Crippen molar-refractivity contribution in [3.8, 4) is 11.5 Å². The third-order valence-corrected chi connectivity index (χ3v) is 5.25. The van der Waals surface area contributed by atoms with Gasteiger partial charge in [-0.3, -0.25) is 19.3 Å². The molecule has 2 aromatic carbocycles. The Morgan fingerprint density at radius 2 is 1.76 bits per heavy atom. The third-order valence-electron chi connectivity index (χ3n) is 4.47. The predicted octanol–water partition coefficient (Wildman–Crippen LogP) is 4.13. The lowest BCUT2D eigenvalue weighted by Crippen LogP contribution is -2.31. The minimum absolute atomic E-state index is 0.116. The summed E-state index contributed by atoms with van der Waals surface area (Å²) in [5, 5.41) is 3.10. The smallest absolute Gasteiger partial charge is 0.261 e. The summed E-state index contributed by atoms with van der Waals surface area (Å²) in [4.78, 5) is 38.4. The van der Waals surface area contributed by atoms with Crippen LogP contribution in [0.2, 0.25) is 5.02 Å². The van der Waals surface area contributed by atoms with Crippen molar-refractivity contribution in [1.29, 1.82) is 0 Å². The molecule has 0 aromatic heterocycles. The first-order chi connectivity index (χ1) is 13.8. The molecule has 2 aromatic rings. The highest BCUT2D eigenvalue weighted by Crippen LogP contribution is 2.36. The Kier molecular flexibility index (Phi) is 6.44. The van der Waals surface area contributed by atoms with Crippen LogP contribution in [-0.2, 0) is 4.79 Å². The zero-order chi connectivity index (χ0) is 21.1. The number of benzene rings is 2. The summed E-state index contributed by atoms with van der Waals surface area (Å²) in [6.45, 7) is 0.151. The summed E-state index contributed by atoms with van der Waals surface area (Å²) in [7, 11) is 2.94. The van der Waals surface area contributed by atoms with E-state index in [4.69, 9.17) is 21.1 Å². The molecule has 3 amide bonds. The number of imide groups is 1. The van der Waals surface area contributed by atoms with Gasteiger partial charge >= 0.3 is 0 Å². The standard InChI is InChI=1S/C20H18BrClN2O5/c1-28-16-10-15(17(29-2)9-14(16)22)23-18(25)4-3-7-24-19(26)12-6-5-11(21)8-13(12)20(24)27/h5-6,8-10H,3-4,7H2,1-2H3,(H,23,25). The number of ether oxygens (including phenoxy) is 2. The van der Waals surface area contributed by atoms with Crippen LogP contribution in [0.3, 0.4) is 0 Å². The molecule has 0 radical (unpaired) electrons. The van der Waals surface area contributed by atoms with E-state index in [1.165, 1.54) is 14.2 Å². The summed E-state index contributed by atoms with van der Waals surface area (Å²) < 4.78 is 11.1. The maximum absolute atomic E-state index is 12.5. The highest BCUT2D eigenvalue weighted by atomic mass is 79.9. The summed E-state index contributed by atoms with van der Waals surface area (Å²) in [6.07, 6.45) is 0.441. The molecule has 0 spiro atoms. The molecule has 0 bridgehead atoms. The molecule has 1 heterocycles. The molecular weight excluding hydrogens is 464 g/mol. The second-order valence-electron chi connectivity index (χ2n) is 6.29. The number of amides is 3. The van der Waals surface area contributed by atoms with Gasteiger partial charge in [-0.1, -0.05) is 27.5 Å². The van der Waals surface area contributed by atoms with Crippen molar-refractivity contribution >= 4 is 50.9 Å². The molecule has 29 heavy (non-hydrogen) atoms. The van der Waals surface area contributed by atoms with Gasteiger partial charge in [0.25, 0.3) is 11.8 Å². The fourth-order valence-electron chi connectivity index (χ4n) is 3.03. The van der Waals surface area contributed by atoms with Gasteiger partial charge < -0.3 is 14.8 Å². The number of anilines is 1. The van der Waals surface area contributed by atoms with Crippen LogP contribution < -0.4 is 14.8 Å². The first-order valence-electron chi connectivity index (χ1n) is 8.72. The highest BCUT2D eigenvalue weighted by molar-refractivity contribution is 9.10. The van der Waals surface area contributed by atoms with E-state index in [1.54, 1.807) is 30.3 Å². The minimum atomic E-state index is -0.351. The highest BCUT2D eigenvalue weighted by Gasteiger charge is 2.35.